The molecule has 0 aliphatic carbocycles. The van der Waals surface area contributed by atoms with E-state index in [4.69, 9.17) is 12.2 Å². The van der Waals surface area contributed by atoms with Gasteiger partial charge in [0.15, 0.2) is 5.11 Å². The summed E-state index contributed by atoms with van der Waals surface area (Å²) in [5, 5.41) is 6.91. The zero-order chi connectivity index (χ0) is 10.6. The average molecular weight is 208 g/mol. The van der Waals surface area contributed by atoms with Crippen LogP contribution in [0.25, 0.3) is 0 Å². The van der Waals surface area contributed by atoms with Gasteiger partial charge in [-0.1, -0.05) is 12.1 Å². The Bertz CT molecular complexity index is 334. The highest BCUT2D eigenvalue weighted by molar-refractivity contribution is 7.80. The second-order valence-corrected chi connectivity index (χ2v) is 3.64. The van der Waals surface area contributed by atoms with Gasteiger partial charge in [-0.25, -0.2) is 0 Å². The van der Waals surface area contributed by atoms with Gasteiger partial charge in [0, 0.05) is 12.2 Å². The summed E-state index contributed by atoms with van der Waals surface area (Å²) in [5.41, 5.74) is 3.60. The fraction of sp³-hybridized carbons (Fsp3) is 0.364. The van der Waals surface area contributed by atoms with Gasteiger partial charge in [-0.15, -0.1) is 0 Å². The molecule has 0 spiro atoms. The maximum Gasteiger partial charge on any atom is 0.170 e. The highest BCUT2D eigenvalue weighted by atomic mass is 32.1. The van der Waals surface area contributed by atoms with Crippen LogP contribution in [0.4, 0.5) is 5.69 Å². The van der Waals surface area contributed by atoms with Gasteiger partial charge in [0.05, 0.1) is 0 Å². The van der Waals surface area contributed by atoms with Crippen LogP contribution in [0.3, 0.4) is 0 Å². The molecule has 3 heteroatoms. The largest absolute Gasteiger partial charge is 0.363 e. The zero-order valence-electron chi connectivity index (χ0n) is 8.85. The van der Waals surface area contributed by atoms with Gasteiger partial charge >= 0.3 is 0 Å². The molecule has 0 aromatic heterocycles. The molecule has 0 unspecified atom stereocenters. The molecular formula is C11H16N2S. The third kappa shape index (κ3) is 2.70. The molecule has 0 bridgehead atoms. The molecule has 0 saturated carbocycles. The van der Waals surface area contributed by atoms with E-state index in [-0.39, 0.29) is 0 Å². The highest BCUT2D eigenvalue weighted by Gasteiger charge is 2.01. The molecule has 0 fully saturated rings. The first-order chi connectivity index (χ1) is 6.65. The quantitative estimate of drug-likeness (QED) is 0.731. The first kappa shape index (κ1) is 11.0. The van der Waals surface area contributed by atoms with Crippen molar-refractivity contribution < 1.29 is 0 Å². The topological polar surface area (TPSA) is 24.1 Å². The lowest BCUT2D eigenvalue weighted by Gasteiger charge is -2.12. The molecule has 76 valence electrons. The van der Waals surface area contributed by atoms with Crippen molar-refractivity contribution in [2.75, 3.05) is 11.9 Å². The smallest absolute Gasteiger partial charge is 0.170 e. The molecule has 0 saturated heterocycles. The van der Waals surface area contributed by atoms with Crippen molar-refractivity contribution in [3.8, 4) is 0 Å². The van der Waals surface area contributed by atoms with Crippen molar-refractivity contribution in [1.82, 2.24) is 5.32 Å². The Balaban J connectivity index is 2.76. The lowest BCUT2D eigenvalue weighted by Crippen LogP contribution is -2.28. The lowest BCUT2D eigenvalue weighted by atomic mass is 10.1. The zero-order valence-corrected chi connectivity index (χ0v) is 9.66. The molecule has 14 heavy (non-hydrogen) atoms. The molecule has 0 atom stereocenters. The van der Waals surface area contributed by atoms with Gasteiger partial charge in [-0.3, -0.25) is 0 Å². The molecule has 1 rings (SSSR count). The Hall–Kier alpha value is -1.09. The summed E-state index contributed by atoms with van der Waals surface area (Å²) >= 11 is 5.12. The number of aryl methyl sites for hydroxylation is 1. The number of rotatable bonds is 2. The van der Waals surface area contributed by atoms with E-state index in [9.17, 15) is 0 Å². The third-order valence-corrected chi connectivity index (χ3v) is 2.44. The summed E-state index contributed by atoms with van der Waals surface area (Å²) in [4.78, 5) is 0. The number of hydrogen-bond donors (Lipinski definition) is 2. The van der Waals surface area contributed by atoms with Gasteiger partial charge in [-0.05, 0) is 50.2 Å². The molecular weight excluding hydrogens is 192 g/mol. The van der Waals surface area contributed by atoms with Crippen LogP contribution in [0.5, 0.6) is 0 Å². The van der Waals surface area contributed by atoms with Gasteiger partial charge < -0.3 is 10.6 Å². The summed E-state index contributed by atoms with van der Waals surface area (Å²) in [7, 11) is 0. The number of hydrogen-bond acceptors (Lipinski definition) is 1. The third-order valence-electron chi connectivity index (χ3n) is 2.19. The van der Waals surface area contributed by atoms with E-state index in [1.165, 1.54) is 11.1 Å². The normalized spacial score (nSPS) is 9.64. The summed E-state index contributed by atoms with van der Waals surface area (Å²) in [6.45, 7) is 7.05. The van der Waals surface area contributed by atoms with Crippen molar-refractivity contribution in [3.63, 3.8) is 0 Å². The predicted octanol–water partition coefficient (Wildman–Crippen LogP) is 2.61. The molecule has 2 nitrogen and oxygen atoms in total. The van der Waals surface area contributed by atoms with Crippen LogP contribution in [0.15, 0.2) is 18.2 Å². The Morgan fingerprint density at radius 2 is 2.07 bits per heavy atom. The molecule has 1 aromatic rings. The summed E-state index contributed by atoms with van der Waals surface area (Å²) < 4.78 is 0. The molecule has 0 aliphatic heterocycles. The Morgan fingerprint density at radius 3 is 2.71 bits per heavy atom. The highest BCUT2D eigenvalue weighted by Crippen LogP contribution is 2.17. The standard InChI is InChI=1S/C11H16N2S/c1-4-12-11(14)13-10-7-5-6-8(2)9(10)3/h5-7H,4H2,1-3H3,(H2,12,13,14). The van der Waals surface area contributed by atoms with Crippen LogP contribution in [0.2, 0.25) is 0 Å². The van der Waals surface area contributed by atoms with E-state index >= 15 is 0 Å². The van der Waals surface area contributed by atoms with Crippen molar-refractivity contribution in [3.05, 3.63) is 29.3 Å². The van der Waals surface area contributed by atoms with Crippen LogP contribution in [0, 0.1) is 13.8 Å². The summed E-state index contributed by atoms with van der Waals surface area (Å²) in [5.74, 6) is 0. The monoisotopic (exact) mass is 208 g/mol. The second-order valence-electron chi connectivity index (χ2n) is 3.23. The molecule has 0 heterocycles. The van der Waals surface area contributed by atoms with Crippen LogP contribution in [-0.2, 0) is 0 Å². The average Bonchev–Trinajstić information content (AvgIpc) is 2.13. The van der Waals surface area contributed by atoms with Crippen LogP contribution < -0.4 is 10.6 Å². The first-order valence-corrected chi connectivity index (χ1v) is 5.17. The summed E-state index contributed by atoms with van der Waals surface area (Å²) in [6, 6.07) is 6.15. The molecule has 1 aromatic carbocycles. The van der Waals surface area contributed by atoms with Gasteiger partial charge in [-0.2, -0.15) is 0 Å². The fourth-order valence-electron chi connectivity index (χ4n) is 1.21. The Labute approximate surface area is 90.7 Å². The number of benzene rings is 1. The van der Waals surface area contributed by atoms with Crippen LogP contribution in [-0.4, -0.2) is 11.7 Å². The molecule has 0 aliphatic rings. The minimum Gasteiger partial charge on any atom is -0.363 e. The van der Waals surface area contributed by atoms with Crippen LogP contribution in [0.1, 0.15) is 18.1 Å². The summed E-state index contributed by atoms with van der Waals surface area (Å²) in [6.07, 6.45) is 0. The van der Waals surface area contributed by atoms with E-state index in [0.717, 1.165) is 12.2 Å². The SMILES string of the molecule is CCNC(=S)Nc1cccc(C)c1C. The molecule has 0 amide bonds. The Morgan fingerprint density at radius 1 is 1.36 bits per heavy atom. The minimum absolute atomic E-state index is 0.682. The number of nitrogens with one attached hydrogen (secondary N) is 2. The Kier molecular flexibility index (Phi) is 3.89. The number of anilines is 1. The second kappa shape index (κ2) is 4.96. The van der Waals surface area contributed by atoms with Crippen molar-refractivity contribution in [2.45, 2.75) is 20.8 Å². The van der Waals surface area contributed by atoms with Crippen LogP contribution >= 0.6 is 12.2 Å². The van der Waals surface area contributed by atoms with Crippen molar-refractivity contribution in [1.29, 1.82) is 0 Å². The van der Waals surface area contributed by atoms with E-state index in [1.54, 1.807) is 0 Å². The lowest BCUT2D eigenvalue weighted by molar-refractivity contribution is 0.979. The van der Waals surface area contributed by atoms with E-state index in [2.05, 4.69) is 30.5 Å². The van der Waals surface area contributed by atoms with Gasteiger partial charge in [0.25, 0.3) is 0 Å². The van der Waals surface area contributed by atoms with Crippen molar-refractivity contribution in [2.24, 2.45) is 0 Å². The minimum atomic E-state index is 0.682. The van der Waals surface area contributed by atoms with E-state index in [0.29, 0.717) is 5.11 Å². The maximum absolute atomic E-state index is 5.12. The van der Waals surface area contributed by atoms with Crippen molar-refractivity contribution >= 4 is 23.0 Å². The maximum atomic E-state index is 5.12. The van der Waals surface area contributed by atoms with E-state index < -0.39 is 0 Å². The number of thiocarbonyl (C=S) groups is 1. The van der Waals surface area contributed by atoms with Gasteiger partial charge in [0.1, 0.15) is 0 Å². The van der Waals surface area contributed by atoms with Gasteiger partial charge in [0.2, 0.25) is 0 Å². The predicted molar refractivity (Wildman–Crippen MR) is 65.8 cm³/mol. The molecule has 0 radical (unpaired) electrons. The fourth-order valence-corrected chi connectivity index (χ4v) is 1.47. The first-order valence-electron chi connectivity index (χ1n) is 4.76. The molecule has 2 N–H and O–H groups in total. The van der Waals surface area contributed by atoms with E-state index in [1.807, 2.05) is 19.1 Å².